The maximum Gasteiger partial charge on any atom is 0.276 e. The number of hydrogen-bond acceptors (Lipinski definition) is 5. The summed E-state index contributed by atoms with van der Waals surface area (Å²) in [7, 11) is -3.54. The van der Waals surface area contributed by atoms with E-state index in [1.807, 2.05) is 13.8 Å². The number of aromatic nitrogens is 2. The molecule has 1 fully saturated rings. The number of nitrogens with zero attached hydrogens (tertiary/aromatic N) is 3. The summed E-state index contributed by atoms with van der Waals surface area (Å²) in [5.74, 6) is -0.281. The highest BCUT2D eigenvalue weighted by molar-refractivity contribution is 7.89. The van der Waals surface area contributed by atoms with Gasteiger partial charge in [0, 0.05) is 30.7 Å². The molecule has 1 amide bonds. The van der Waals surface area contributed by atoms with Crippen LogP contribution in [-0.2, 0) is 16.6 Å². The third-order valence-electron chi connectivity index (χ3n) is 5.69. The van der Waals surface area contributed by atoms with Crippen LogP contribution >= 0.6 is 0 Å². The molecule has 0 radical (unpaired) electrons. The first-order chi connectivity index (χ1) is 15.8. The van der Waals surface area contributed by atoms with Gasteiger partial charge in [-0.3, -0.25) is 9.59 Å². The number of hydrogen-bond donors (Lipinski definition) is 1. The molecule has 0 atom stereocenters. The highest BCUT2D eigenvalue weighted by Crippen LogP contribution is 2.22. The Morgan fingerprint density at radius 1 is 1.00 bits per heavy atom. The van der Waals surface area contributed by atoms with E-state index >= 15 is 0 Å². The van der Waals surface area contributed by atoms with Gasteiger partial charge in [0.2, 0.25) is 10.0 Å². The summed E-state index contributed by atoms with van der Waals surface area (Å²) >= 11 is 0. The largest absolute Gasteiger partial charge is 0.321 e. The molecule has 9 heteroatoms. The van der Waals surface area contributed by atoms with Crippen LogP contribution in [0.25, 0.3) is 10.8 Å². The van der Waals surface area contributed by atoms with Gasteiger partial charge in [-0.05, 0) is 49.1 Å². The minimum absolute atomic E-state index is 0.149. The van der Waals surface area contributed by atoms with Crippen molar-refractivity contribution in [1.29, 1.82) is 0 Å². The Bertz CT molecular complexity index is 1320. The average Bonchev–Trinajstić information content (AvgIpc) is 2.81. The first-order valence-corrected chi connectivity index (χ1v) is 12.6. The molecule has 0 spiro atoms. The molecule has 3 aromatic rings. The van der Waals surface area contributed by atoms with Crippen LogP contribution in [-0.4, -0.2) is 41.5 Å². The minimum atomic E-state index is -3.54. The van der Waals surface area contributed by atoms with Gasteiger partial charge in [-0.1, -0.05) is 38.5 Å². The molecule has 1 aliphatic rings. The quantitative estimate of drug-likeness (QED) is 0.597. The van der Waals surface area contributed by atoms with Gasteiger partial charge < -0.3 is 5.32 Å². The zero-order chi connectivity index (χ0) is 23.6. The Hall–Kier alpha value is -3.04. The fourth-order valence-electron chi connectivity index (χ4n) is 4.03. The summed E-state index contributed by atoms with van der Waals surface area (Å²) in [6.45, 7) is 5.41. The standard InChI is InChI=1S/C24H28N4O4S/c1-17(2)16-28-24(30)21-9-5-4-8-20(21)22(26-28)23(29)25-18-10-12-19(13-11-18)33(31,32)27-14-6-3-7-15-27/h4-5,8-13,17H,3,6-7,14-16H2,1-2H3,(H,25,29). The molecule has 33 heavy (non-hydrogen) atoms. The van der Waals surface area contributed by atoms with Crippen molar-refractivity contribution in [2.45, 2.75) is 44.6 Å². The van der Waals surface area contributed by atoms with E-state index in [1.54, 1.807) is 36.4 Å². The molecule has 0 saturated carbocycles. The normalized spacial score (nSPS) is 15.1. The van der Waals surface area contributed by atoms with E-state index in [-0.39, 0.29) is 22.1 Å². The highest BCUT2D eigenvalue weighted by atomic mass is 32.2. The first kappa shape index (κ1) is 23.1. The van der Waals surface area contributed by atoms with Crippen molar-refractivity contribution in [3.05, 3.63) is 64.6 Å². The van der Waals surface area contributed by atoms with Gasteiger partial charge in [0.25, 0.3) is 11.5 Å². The van der Waals surface area contributed by atoms with Crippen LogP contribution in [0.3, 0.4) is 0 Å². The van der Waals surface area contributed by atoms with E-state index in [0.29, 0.717) is 36.1 Å². The maximum absolute atomic E-state index is 13.1. The monoisotopic (exact) mass is 468 g/mol. The lowest BCUT2D eigenvalue weighted by Crippen LogP contribution is -2.35. The third kappa shape index (κ3) is 4.84. The highest BCUT2D eigenvalue weighted by Gasteiger charge is 2.26. The van der Waals surface area contributed by atoms with E-state index in [0.717, 1.165) is 19.3 Å². The summed E-state index contributed by atoms with van der Waals surface area (Å²) < 4.78 is 28.5. The Morgan fingerprint density at radius 3 is 2.27 bits per heavy atom. The van der Waals surface area contributed by atoms with Crippen LogP contribution in [0.4, 0.5) is 5.69 Å². The van der Waals surface area contributed by atoms with Crippen molar-refractivity contribution in [3.8, 4) is 0 Å². The van der Waals surface area contributed by atoms with Crippen molar-refractivity contribution >= 4 is 32.4 Å². The molecule has 0 unspecified atom stereocenters. The zero-order valence-electron chi connectivity index (χ0n) is 18.8. The number of sulfonamides is 1. The molecule has 1 aromatic heterocycles. The van der Waals surface area contributed by atoms with Crippen molar-refractivity contribution in [1.82, 2.24) is 14.1 Å². The molecule has 4 rings (SSSR count). The molecule has 0 bridgehead atoms. The summed E-state index contributed by atoms with van der Waals surface area (Å²) in [4.78, 5) is 26.1. The average molecular weight is 469 g/mol. The topological polar surface area (TPSA) is 101 Å². The zero-order valence-corrected chi connectivity index (χ0v) is 19.6. The van der Waals surface area contributed by atoms with Crippen LogP contribution in [0, 0.1) is 5.92 Å². The van der Waals surface area contributed by atoms with Gasteiger partial charge in [-0.25, -0.2) is 13.1 Å². The fraction of sp³-hybridized carbons (Fsp3) is 0.375. The van der Waals surface area contributed by atoms with Gasteiger partial charge >= 0.3 is 0 Å². The van der Waals surface area contributed by atoms with Gasteiger partial charge in [-0.2, -0.15) is 9.40 Å². The Labute approximate surface area is 193 Å². The fourth-order valence-corrected chi connectivity index (χ4v) is 5.54. The molecule has 2 heterocycles. The molecule has 1 N–H and O–H groups in total. The number of carbonyl (C=O) groups is 1. The van der Waals surface area contributed by atoms with Gasteiger partial charge in [0.05, 0.1) is 10.3 Å². The second kappa shape index (κ2) is 9.44. The Balaban J connectivity index is 1.61. The number of amides is 1. The van der Waals surface area contributed by atoms with Crippen LogP contribution in [0.15, 0.2) is 58.2 Å². The molecule has 0 aliphatic carbocycles. The van der Waals surface area contributed by atoms with E-state index < -0.39 is 15.9 Å². The van der Waals surface area contributed by atoms with E-state index in [1.165, 1.54) is 21.1 Å². The number of piperidine rings is 1. The number of benzene rings is 2. The Morgan fingerprint density at radius 2 is 1.64 bits per heavy atom. The van der Waals surface area contributed by atoms with E-state index in [2.05, 4.69) is 10.4 Å². The van der Waals surface area contributed by atoms with E-state index in [9.17, 15) is 18.0 Å². The molecular formula is C24H28N4O4S. The van der Waals surface area contributed by atoms with Crippen LogP contribution in [0.5, 0.6) is 0 Å². The lowest BCUT2D eigenvalue weighted by atomic mass is 10.1. The van der Waals surface area contributed by atoms with Crippen molar-refractivity contribution < 1.29 is 13.2 Å². The van der Waals surface area contributed by atoms with Crippen molar-refractivity contribution in [3.63, 3.8) is 0 Å². The number of fused-ring (bicyclic) bond motifs is 1. The summed E-state index contributed by atoms with van der Waals surface area (Å²) in [6, 6.07) is 13.1. The number of anilines is 1. The van der Waals surface area contributed by atoms with Crippen LogP contribution in [0.1, 0.15) is 43.6 Å². The smallest absolute Gasteiger partial charge is 0.276 e. The molecule has 2 aromatic carbocycles. The van der Waals surface area contributed by atoms with Crippen LogP contribution < -0.4 is 10.9 Å². The Kier molecular flexibility index (Phi) is 6.62. The SMILES string of the molecule is CC(C)Cn1nc(C(=O)Nc2ccc(S(=O)(=O)N3CCCCC3)cc2)c2ccccc2c1=O. The number of nitrogens with one attached hydrogen (secondary N) is 1. The van der Waals surface area contributed by atoms with Gasteiger partial charge in [0.1, 0.15) is 0 Å². The lowest BCUT2D eigenvalue weighted by Gasteiger charge is -2.25. The molecular weight excluding hydrogens is 440 g/mol. The van der Waals surface area contributed by atoms with Crippen molar-refractivity contribution in [2.75, 3.05) is 18.4 Å². The first-order valence-electron chi connectivity index (χ1n) is 11.2. The predicted molar refractivity (Wildman–Crippen MR) is 128 cm³/mol. The molecule has 1 saturated heterocycles. The summed E-state index contributed by atoms with van der Waals surface area (Å²) in [5.41, 5.74) is 0.365. The summed E-state index contributed by atoms with van der Waals surface area (Å²) in [5, 5.41) is 8.04. The molecule has 8 nitrogen and oxygen atoms in total. The second-order valence-corrected chi connectivity index (χ2v) is 10.7. The van der Waals surface area contributed by atoms with E-state index in [4.69, 9.17) is 0 Å². The molecule has 1 aliphatic heterocycles. The van der Waals surface area contributed by atoms with Gasteiger partial charge in [0.15, 0.2) is 5.69 Å². The maximum atomic E-state index is 13.1. The predicted octanol–water partition coefficient (Wildman–Crippen LogP) is 3.48. The summed E-state index contributed by atoms with van der Waals surface area (Å²) in [6.07, 6.45) is 2.78. The van der Waals surface area contributed by atoms with Gasteiger partial charge in [-0.15, -0.1) is 0 Å². The molecule has 174 valence electrons. The lowest BCUT2D eigenvalue weighted by molar-refractivity contribution is 0.102. The minimum Gasteiger partial charge on any atom is -0.321 e. The van der Waals surface area contributed by atoms with Crippen LogP contribution in [0.2, 0.25) is 0 Å². The van der Waals surface area contributed by atoms with Crippen molar-refractivity contribution in [2.24, 2.45) is 5.92 Å². The number of rotatable bonds is 6. The number of carbonyl (C=O) groups excluding carboxylic acids is 1. The third-order valence-corrected chi connectivity index (χ3v) is 7.60. The second-order valence-electron chi connectivity index (χ2n) is 8.72.